The highest BCUT2D eigenvalue weighted by Gasteiger charge is 2.34. The lowest BCUT2D eigenvalue weighted by Crippen LogP contribution is -2.27. The van der Waals surface area contributed by atoms with Crippen molar-refractivity contribution < 1.29 is 17.6 Å². The van der Waals surface area contributed by atoms with Gasteiger partial charge in [0.25, 0.3) is 0 Å². The molecule has 1 aromatic heterocycles. The number of hydrogen-bond acceptors (Lipinski definition) is 2. The van der Waals surface area contributed by atoms with E-state index < -0.39 is 18.6 Å². The summed E-state index contributed by atoms with van der Waals surface area (Å²) in [6.07, 6.45) is -4.53. The van der Waals surface area contributed by atoms with Crippen LogP contribution in [0.25, 0.3) is 11.0 Å². The SMILES string of the molecule is CCNC(CC(F)(F)F)c1c(CC)oc2ccccc12. The number of fused-ring (bicyclic) bond motifs is 1. The third-order valence-electron chi connectivity index (χ3n) is 3.27. The van der Waals surface area contributed by atoms with Crippen molar-refractivity contribution in [2.75, 3.05) is 6.54 Å². The smallest absolute Gasteiger partial charge is 0.390 e. The molecule has 2 nitrogen and oxygen atoms in total. The lowest BCUT2D eigenvalue weighted by atomic mass is 9.98. The lowest BCUT2D eigenvalue weighted by Gasteiger charge is -2.20. The number of halogens is 3. The van der Waals surface area contributed by atoms with Gasteiger partial charge in [0.2, 0.25) is 0 Å². The zero-order valence-electron chi connectivity index (χ0n) is 11.6. The topological polar surface area (TPSA) is 25.2 Å². The predicted molar refractivity (Wildman–Crippen MR) is 72.7 cm³/mol. The van der Waals surface area contributed by atoms with Crippen molar-refractivity contribution in [3.05, 3.63) is 35.6 Å². The first-order valence-electron chi connectivity index (χ1n) is 6.76. The number of alkyl halides is 3. The summed E-state index contributed by atoms with van der Waals surface area (Å²) in [5, 5.41) is 3.69. The molecule has 0 aliphatic rings. The van der Waals surface area contributed by atoms with Gasteiger partial charge in [-0.2, -0.15) is 13.2 Å². The van der Waals surface area contributed by atoms with Crippen molar-refractivity contribution in [2.45, 2.75) is 38.9 Å². The average molecular weight is 285 g/mol. The molecule has 1 aromatic carbocycles. The van der Waals surface area contributed by atoms with E-state index in [1.54, 1.807) is 13.0 Å². The molecule has 0 saturated carbocycles. The molecule has 0 aliphatic heterocycles. The van der Waals surface area contributed by atoms with E-state index in [0.29, 0.717) is 29.9 Å². The Hall–Kier alpha value is -1.49. The van der Waals surface area contributed by atoms with Crippen molar-refractivity contribution in [3.63, 3.8) is 0 Å². The molecule has 1 N–H and O–H groups in total. The summed E-state index contributed by atoms with van der Waals surface area (Å²) >= 11 is 0. The number of nitrogens with one attached hydrogen (secondary N) is 1. The van der Waals surface area contributed by atoms with Crippen LogP contribution in [-0.2, 0) is 6.42 Å². The summed E-state index contributed by atoms with van der Waals surface area (Å²) in [7, 11) is 0. The van der Waals surface area contributed by atoms with Crippen LogP contribution in [0.4, 0.5) is 13.2 Å². The maximum atomic E-state index is 12.8. The van der Waals surface area contributed by atoms with Crippen molar-refractivity contribution in [1.29, 1.82) is 0 Å². The Labute approximate surface area is 116 Å². The second kappa shape index (κ2) is 5.87. The standard InChI is InChI=1S/C15H18F3NO/c1-3-12-14(10-7-5-6-8-13(10)20-12)11(19-4-2)9-15(16,17)18/h5-8,11,19H,3-4,9H2,1-2H3. The summed E-state index contributed by atoms with van der Waals surface area (Å²) < 4.78 is 44.0. The van der Waals surface area contributed by atoms with Gasteiger partial charge < -0.3 is 9.73 Å². The van der Waals surface area contributed by atoms with Crippen molar-refractivity contribution in [1.82, 2.24) is 5.32 Å². The first kappa shape index (κ1) is 14.9. The largest absolute Gasteiger partial charge is 0.461 e. The van der Waals surface area contributed by atoms with Gasteiger partial charge in [-0.25, -0.2) is 0 Å². The van der Waals surface area contributed by atoms with Gasteiger partial charge >= 0.3 is 6.18 Å². The minimum absolute atomic E-state index is 0.476. The monoisotopic (exact) mass is 285 g/mol. The molecule has 1 atom stereocenters. The van der Waals surface area contributed by atoms with Crippen molar-refractivity contribution >= 4 is 11.0 Å². The lowest BCUT2D eigenvalue weighted by molar-refractivity contribution is -0.140. The third kappa shape index (κ3) is 3.15. The summed E-state index contributed by atoms with van der Waals surface area (Å²) in [5.41, 5.74) is 1.28. The minimum atomic E-state index is -4.21. The normalized spacial score (nSPS) is 13.8. The Morgan fingerprint density at radius 1 is 1.20 bits per heavy atom. The molecule has 20 heavy (non-hydrogen) atoms. The Kier molecular flexibility index (Phi) is 4.38. The second-order valence-electron chi connectivity index (χ2n) is 4.72. The van der Waals surface area contributed by atoms with Gasteiger partial charge in [-0.3, -0.25) is 0 Å². The molecule has 1 heterocycles. The quantitative estimate of drug-likeness (QED) is 0.868. The molecule has 2 aromatic rings. The van der Waals surface area contributed by atoms with E-state index >= 15 is 0 Å². The highest BCUT2D eigenvalue weighted by molar-refractivity contribution is 5.82. The Balaban J connectivity index is 2.51. The fourth-order valence-electron chi connectivity index (χ4n) is 2.51. The zero-order chi connectivity index (χ0) is 14.8. The van der Waals surface area contributed by atoms with E-state index in [9.17, 15) is 13.2 Å². The molecule has 0 aliphatic carbocycles. The van der Waals surface area contributed by atoms with Crippen LogP contribution in [0.15, 0.2) is 28.7 Å². The van der Waals surface area contributed by atoms with Gasteiger partial charge in [0, 0.05) is 23.4 Å². The Bertz CT molecular complexity index is 574. The number of aryl methyl sites for hydroxylation is 1. The van der Waals surface area contributed by atoms with Crippen LogP contribution in [0, 0.1) is 0 Å². The molecule has 1 unspecified atom stereocenters. The molecule has 5 heteroatoms. The number of hydrogen-bond donors (Lipinski definition) is 1. The molecule has 0 radical (unpaired) electrons. The van der Waals surface area contributed by atoms with E-state index in [2.05, 4.69) is 5.32 Å². The zero-order valence-corrected chi connectivity index (χ0v) is 11.6. The molecular weight excluding hydrogens is 267 g/mol. The number of para-hydroxylation sites is 1. The van der Waals surface area contributed by atoms with E-state index in [4.69, 9.17) is 4.42 Å². The van der Waals surface area contributed by atoms with Crippen molar-refractivity contribution in [3.8, 4) is 0 Å². The molecule has 0 saturated heterocycles. The number of benzene rings is 1. The molecule has 0 spiro atoms. The summed E-state index contributed by atoms with van der Waals surface area (Å²) in [6.45, 7) is 4.17. The molecule has 2 rings (SSSR count). The highest BCUT2D eigenvalue weighted by Crippen LogP contribution is 2.37. The van der Waals surface area contributed by atoms with Crippen LogP contribution < -0.4 is 5.32 Å². The second-order valence-corrected chi connectivity index (χ2v) is 4.72. The molecule has 0 amide bonds. The van der Waals surface area contributed by atoms with Crippen LogP contribution in [0.2, 0.25) is 0 Å². The first-order valence-corrected chi connectivity index (χ1v) is 6.76. The van der Waals surface area contributed by atoms with Crippen LogP contribution in [0.1, 0.15) is 37.6 Å². The average Bonchev–Trinajstić information content (AvgIpc) is 2.75. The van der Waals surface area contributed by atoms with Gasteiger partial charge in [0.05, 0.1) is 6.42 Å². The fourth-order valence-corrected chi connectivity index (χ4v) is 2.51. The fraction of sp³-hybridized carbons (Fsp3) is 0.467. The number of rotatable bonds is 5. The van der Waals surface area contributed by atoms with Gasteiger partial charge in [-0.15, -0.1) is 0 Å². The summed E-state index contributed by atoms with van der Waals surface area (Å²) in [6, 6.07) is 6.47. The Morgan fingerprint density at radius 2 is 1.90 bits per heavy atom. The maximum absolute atomic E-state index is 12.8. The molecular formula is C15H18F3NO. The molecule has 0 bridgehead atoms. The van der Waals surface area contributed by atoms with Crippen LogP contribution in [0.3, 0.4) is 0 Å². The van der Waals surface area contributed by atoms with Crippen LogP contribution >= 0.6 is 0 Å². The minimum Gasteiger partial charge on any atom is -0.461 e. The van der Waals surface area contributed by atoms with Gasteiger partial charge in [-0.05, 0) is 12.6 Å². The molecule has 110 valence electrons. The first-order chi connectivity index (χ1) is 9.46. The van der Waals surface area contributed by atoms with Crippen molar-refractivity contribution in [2.24, 2.45) is 0 Å². The van der Waals surface area contributed by atoms with Crippen LogP contribution in [-0.4, -0.2) is 12.7 Å². The van der Waals surface area contributed by atoms with Gasteiger partial charge in [0.1, 0.15) is 11.3 Å². The predicted octanol–water partition coefficient (Wildman–Crippen LogP) is 4.60. The summed E-state index contributed by atoms with van der Waals surface area (Å²) in [5.74, 6) is 0.626. The van der Waals surface area contributed by atoms with Gasteiger partial charge in [0.15, 0.2) is 0 Å². The number of furan rings is 1. The van der Waals surface area contributed by atoms with E-state index in [0.717, 1.165) is 5.39 Å². The van der Waals surface area contributed by atoms with E-state index in [1.165, 1.54) is 0 Å². The maximum Gasteiger partial charge on any atom is 0.390 e. The van der Waals surface area contributed by atoms with Crippen LogP contribution in [0.5, 0.6) is 0 Å². The van der Waals surface area contributed by atoms with Gasteiger partial charge in [-0.1, -0.05) is 32.0 Å². The van der Waals surface area contributed by atoms with E-state index in [1.807, 2.05) is 25.1 Å². The Morgan fingerprint density at radius 3 is 2.50 bits per heavy atom. The summed E-state index contributed by atoms with van der Waals surface area (Å²) in [4.78, 5) is 0. The third-order valence-corrected chi connectivity index (χ3v) is 3.27. The molecule has 0 fully saturated rings. The van der Waals surface area contributed by atoms with E-state index in [-0.39, 0.29) is 0 Å². The highest BCUT2D eigenvalue weighted by atomic mass is 19.4.